The number of piperidine rings is 2. The van der Waals surface area contributed by atoms with Crippen LogP contribution in [0.2, 0.25) is 0 Å². The van der Waals surface area contributed by atoms with Crippen LogP contribution in [0.4, 0.5) is 17.6 Å². The fourth-order valence-electron chi connectivity index (χ4n) is 4.38. The van der Waals surface area contributed by atoms with E-state index in [-0.39, 0.29) is 23.4 Å². The Morgan fingerprint density at radius 2 is 1.96 bits per heavy atom. The summed E-state index contributed by atoms with van der Waals surface area (Å²) in [6.07, 6.45) is -1.37. The Morgan fingerprint density at radius 3 is 2.65 bits per heavy atom. The van der Waals surface area contributed by atoms with Crippen LogP contribution in [0.1, 0.15) is 43.7 Å². The van der Waals surface area contributed by atoms with Crippen LogP contribution in [-0.4, -0.2) is 41.9 Å². The number of rotatable bonds is 3. The molecule has 26 heavy (non-hydrogen) atoms. The highest BCUT2D eigenvalue weighted by Crippen LogP contribution is 2.40. The molecule has 2 aliphatic rings. The highest BCUT2D eigenvalue weighted by molar-refractivity contribution is 5.77. The number of benzene rings is 1. The fourth-order valence-corrected chi connectivity index (χ4v) is 4.38. The van der Waals surface area contributed by atoms with Crippen LogP contribution in [0.25, 0.3) is 0 Å². The van der Waals surface area contributed by atoms with E-state index in [4.69, 9.17) is 0 Å². The quantitative estimate of drug-likeness (QED) is 0.747. The van der Waals surface area contributed by atoms with Crippen molar-refractivity contribution in [3.05, 3.63) is 35.1 Å². The Labute approximate surface area is 151 Å². The Bertz CT molecular complexity index is 676. The lowest BCUT2D eigenvalue weighted by Gasteiger charge is -2.48. The number of hydrogen-bond donors (Lipinski definition) is 0. The van der Waals surface area contributed by atoms with Gasteiger partial charge in [-0.05, 0) is 56.5 Å². The van der Waals surface area contributed by atoms with Crippen LogP contribution in [0.5, 0.6) is 0 Å². The van der Waals surface area contributed by atoms with E-state index < -0.39 is 17.6 Å². The monoisotopic (exact) mass is 372 g/mol. The molecule has 2 aliphatic heterocycles. The van der Waals surface area contributed by atoms with Crippen molar-refractivity contribution in [3.8, 4) is 0 Å². The first kappa shape index (κ1) is 19.1. The lowest BCUT2D eigenvalue weighted by atomic mass is 9.73. The van der Waals surface area contributed by atoms with Crippen molar-refractivity contribution in [2.24, 2.45) is 5.41 Å². The Hall–Kier alpha value is -1.63. The molecule has 2 heterocycles. The smallest absolute Gasteiger partial charge is 0.342 e. The van der Waals surface area contributed by atoms with Gasteiger partial charge in [-0.25, -0.2) is 4.39 Å². The van der Waals surface area contributed by atoms with Gasteiger partial charge in [-0.2, -0.15) is 13.2 Å². The second-order valence-corrected chi connectivity index (χ2v) is 7.52. The van der Waals surface area contributed by atoms with Crippen molar-refractivity contribution >= 4 is 5.91 Å². The normalized spacial score (nSPS) is 25.1. The van der Waals surface area contributed by atoms with E-state index in [1.54, 1.807) is 0 Å². The minimum absolute atomic E-state index is 0.0196. The standard InChI is InChI=1S/C19H24F4N2O/c1-2-25-13-18(8-6-17(25)26)7-3-9-24(12-18)11-14-10-15(20)4-5-16(14)19(21,22)23/h4-5,10H,2-3,6-9,11-13H2,1H3. The van der Waals surface area contributed by atoms with E-state index in [2.05, 4.69) is 0 Å². The molecule has 2 saturated heterocycles. The molecular weight excluding hydrogens is 348 g/mol. The molecule has 0 aliphatic carbocycles. The number of alkyl halides is 3. The van der Waals surface area contributed by atoms with Gasteiger partial charge in [0, 0.05) is 38.0 Å². The van der Waals surface area contributed by atoms with Gasteiger partial charge in [-0.1, -0.05) is 0 Å². The average Bonchev–Trinajstić information content (AvgIpc) is 2.56. The number of amides is 1. The molecule has 3 rings (SSSR count). The van der Waals surface area contributed by atoms with E-state index in [0.717, 1.165) is 37.5 Å². The van der Waals surface area contributed by atoms with Gasteiger partial charge >= 0.3 is 6.18 Å². The van der Waals surface area contributed by atoms with Gasteiger partial charge in [0.1, 0.15) is 5.82 Å². The van der Waals surface area contributed by atoms with Gasteiger partial charge in [0.2, 0.25) is 5.91 Å². The van der Waals surface area contributed by atoms with E-state index in [1.165, 1.54) is 0 Å². The van der Waals surface area contributed by atoms with Crippen LogP contribution in [0.3, 0.4) is 0 Å². The molecule has 0 radical (unpaired) electrons. The molecule has 0 bridgehead atoms. The second kappa shape index (κ2) is 7.18. The summed E-state index contributed by atoms with van der Waals surface area (Å²) in [6, 6.07) is 2.67. The first-order valence-electron chi connectivity index (χ1n) is 9.08. The van der Waals surface area contributed by atoms with Crippen LogP contribution < -0.4 is 0 Å². The maximum Gasteiger partial charge on any atom is 0.416 e. The van der Waals surface area contributed by atoms with Crippen LogP contribution >= 0.6 is 0 Å². The summed E-state index contributed by atoms with van der Waals surface area (Å²) in [5.74, 6) is -0.500. The number of hydrogen-bond acceptors (Lipinski definition) is 2. The fraction of sp³-hybridized carbons (Fsp3) is 0.632. The number of nitrogens with zero attached hydrogens (tertiary/aromatic N) is 2. The maximum absolute atomic E-state index is 13.5. The zero-order valence-corrected chi connectivity index (χ0v) is 14.9. The topological polar surface area (TPSA) is 23.6 Å². The van der Waals surface area contributed by atoms with Crippen molar-refractivity contribution < 1.29 is 22.4 Å². The number of carbonyl (C=O) groups excluding carboxylic acids is 1. The molecule has 1 aromatic carbocycles. The molecule has 2 fully saturated rings. The lowest BCUT2D eigenvalue weighted by Crippen LogP contribution is -2.53. The van der Waals surface area contributed by atoms with Gasteiger partial charge < -0.3 is 4.90 Å². The third-order valence-corrected chi connectivity index (χ3v) is 5.64. The van der Waals surface area contributed by atoms with Crippen molar-refractivity contribution in [2.45, 2.75) is 45.3 Å². The van der Waals surface area contributed by atoms with Gasteiger partial charge in [0.05, 0.1) is 5.56 Å². The Morgan fingerprint density at radius 1 is 1.19 bits per heavy atom. The second-order valence-electron chi connectivity index (χ2n) is 7.52. The molecule has 1 aromatic rings. The number of likely N-dealkylation sites (tertiary alicyclic amines) is 2. The third-order valence-electron chi connectivity index (χ3n) is 5.64. The predicted octanol–water partition coefficient (Wildman–Crippen LogP) is 4.07. The zero-order chi connectivity index (χ0) is 18.9. The molecule has 7 heteroatoms. The highest BCUT2D eigenvalue weighted by atomic mass is 19.4. The number of halogens is 4. The van der Waals surface area contributed by atoms with Crippen LogP contribution in [-0.2, 0) is 17.5 Å². The molecule has 0 N–H and O–H groups in total. The lowest BCUT2D eigenvalue weighted by molar-refractivity contribution is -0.140. The Kier molecular flexibility index (Phi) is 5.28. The molecule has 0 saturated carbocycles. The molecular formula is C19H24F4N2O. The van der Waals surface area contributed by atoms with Crippen molar-refractivity contribution in [3.63, 3.8) is 0 Å². The van der Waals surface area contributed by atoms with Gasteiger partial charge in [-0.3, -0.25) is 9.69 Å². The van der Waals surface area contributed by atoms with Crippen LogP contribution in [0, 0.1) is 11.2 Å². The molecule has 1 atom stereocenters. The summed E-state index contributed by atoms with van der Waals surface area (Å²) < 4.78 is 53.3. The number of carbonyl (C=O) groups is 1. The molecule has 144 valence electrons. The summed E-state index contributed by atoms with van der Waals surface area (Å²) in [4.78, 5) is 15.8. The average molecular weight is 372 g/mol. The van der Waals surface area contributed by atoms with Gasteiger partial charge in [0.15, 0.2) is 0 Å². The largest absolute Gasteiger partial charge is 0.416 e. The first-order valence-corrected chi connectivity index (χ1v) is 9.08. The molecule has 3 nitrogen and oxygen atoms in total. The third kappa shape index (κ3) is 4.03. The minimum Gasteiger partial charge on any atom is -0.342 e. The molecule has 0 aromatic heterocycles. The summed E-state index contributed by atoms with van der Waals surface area (Å²) >= 11 is 0. The van der Waals surface area contributed by atoms with Crippen molar-refractivity contribution in [1.29, 1.82) is 0 Å². The van der Waals surface area contributed by atoms with E-state index in [0.29, 0.717) is 32.6 Å². The molecule has 1 unspecified atom stereocenters. The van der Waals surface area contributed by atoms with E-state index in [1.807, 2.05) is 16.7 Å². The van der Waals surface area contributed by atoms with Crippen LogP contribution in [0.15, 0.2) is 18.2 Å². The molecule has 1 spiro atoms. The SMILES string of the molecule is CCN1CC2(CCCN(Cc3cc(F)ccc3C(F)(F)F)C2)CCC1=O. The minimum atomic E-state index is -4.49. The summed E-state index contributed by atoms with van der Waals surface area (Å²) in [5.41, 5.74) is -0.852. The van der Waals surface area contributed by atoms with Gasteiger partial charge in [0.25, 0.3) is 0 Å². The summed E-state index contributed by atoms with van der Waals surface area (Å²) in [5, 5.41) is 0. The predicted molar refractivity (Wildman–Crippen MR) is 89.8 cm³/mol. The van der Waals surface area contributed by atoms with Crippen molar-refractivity contribution in [1.82, 2.24) is 9.80 Å². The maximum atomic E-state index is 13.5. The highest BCUT2D eigenvalue weighted by Gasteiger charge is 2.42. The first-order chi connectivity index (χ1) is 12.2. The van der Waals surface area contributed by atoms with E-state index in [9.17, 15) is 22.4 Å². The molecule has 1 amide bonds. The Balaban J connectivity index is 1.77. The van der Waals surface area contributed by atoms with Crippen molar-refractivity contribution in [2.75, 3.05) is 26.2 Å². The van der Waals surface area contributed by atoms with E-state index >= 15 is 0 Å². The zero-order valence-electron chi connectivity index (χ0n) is 14.9. The summed E-state index contributed by atoms with van der Waals surface area (Å²) in [6.45, 7) is 4.67. The summed E-state index contributed by atoms with van der Waals surface area (Å²) in [7, 11) is 0. The van der Waals surface area contributed by atoms with Gasteiger partial charge in [-0.15, -0.1) is 0 Å².